The number of H-pyrrole nitrogens is 1. The van der Waals surface area contributed by atoms with E-state index in [0.29, 0.717) is 22.2 Å². The topological polar surface area (TPSA) is 78.8 Å². The molecular weight excluding hydrogens is 334 g/mol. The van der Waals surface area contributed by atoms with Gasteiger partial charge in [-0.05, 0) is 42.0 Å². The van der Waals surface area contributed by atoms with E-state index < -0.39 is 0 Å². The molecule has 6 heteroatoms. The van der Waals surface area contributed by atoms with Gasteiger partial charge in [0.05, 0.1) is 24.4 Å². The molecule has 0 saturated carbocycles. The Kier molecular flexibility index (Phi) is 5.17. The molecule has 0 unspecified atom stereocenters. The molecule has 5 nitrogen and oxygen atoms in total. The molecule has 3 rings (SSSR count). The molecule has 124 valence electrons. The van der Waals surface area contributed by atoms with E-state index in [0.717, 1.165) is 16.9 Å². The minimum atomic E-state index is -0.192. The maximum Gasteiger partial charge on any atom is 0.252 e. The number of benzene rings is 2. The summed E-state index contributed by atoms with van der Waals surface area (Å²) in [6.45, 7) is 0. The monoisotopic (exact) mass is 349 g/mol. The lowest BCUT2D eigenvalue weighted by Gasteiger charge is -2.06. The summed E-state index contributed by atoms with van der Waals surface area (Å²) >= 11 is 1.44. The normalized spacial score (nSPS) is 10.2. The van der Waals surface area contributed by atoms with Crippen molar-refractivity contribution in [1.82, 2.24) is 9.97 Å². The first-order valence-electron chi connectivity index (χ1n) is 7.55. The first kappa shape index (κ1) is 16.8. The number of rotatable bonds is 5. The Morgan fingerprint density at radius 3 is 2.52 bits per heavy atom. The van der Waals surface area contributed by atoms with Crippen molar-refractivity contribution in [3.63, 3.8) is 0 Å². The molecule has 0 bridgehead atoms. The van der Waals surface area contributed by atoms with Crippen LogP contribution in [0.1, 0.15) is 11.1 Å². The van der Waals surface area contributed by atoms with Crippen molar-refractivity contribution in [3.8, 4) is 23.1 Å². The molecule has 0 aliphatic heterocycles. The Balaban J connectivity index is 1.78. The predicted molar refractivity (Wildman–Crippen MR) is 97.6 cm³/mol. The minimum Gasteiger partial charge on any atom is -0.497 e. The molecule has 1 heterocycles. The van der Waals surface area contributed by atoms with Crippen LogP contribution in [0.5, 0.6) is 5.75 Å². The zero-order valence-electron chi connectivity index (χ0n) is 13.5. The highest BCUT2D eigenvalue weighted by Gasteiger charge is 2.06. The zero-order valence-corrected chi connectivity index (χ0v) is 14.3. The van der Waals surface area contributed by atoms with E-state index in [1.165, 1.54) is 17.8 Å². The Bertz CT molecular complexity index is 958. The number of aromatic amines is 1. The SMILES string of the molecule is COc1ccc(-c2cc(=O)[nH]c(SCc3ccc(C#N)cc3)n2)cc1. The fraction of sp³-hybridized carbons (Fsp3) is 0.105. The number of ether oxygens (including phenoxy) is 1. The van der Waals surface area contributed by atoms with E-state index in [2.05, 4.69) is 16.0 Å². The van der Waals surface area contributed by atoms with Gasteiger partial charge in [0.25, 0.3) is 5.56 Å². The Morgan fingerprint density at radius 2 is 1.88 bits per heavy atom. The van der Waals surface area contributed by atoms with Gasteiger partial charge in [0, 0.05) is 17.4 Å². The lowest BCUT2D eigenvalue weighted by Crippen LogP contribution is -2.08. The van der Waals surface area contributed by atoms with Gasteiger partial charge in [0.1, 0.15) is 5.75 Å². The molecule has 0 aliphatic carbocycles. The van der Waals surface area contributed by atoms with Crippen molar-refractivity contribution in [2.45, 2.75) is 10.9 Å². The smallest absolute Gasteiger partial charge is 0.252 e. The quantitative estimate of drug-likeness (QED) is 0.562. The van der Waals surface area contributed by atoms with Crippen molar-refractivity contribution >= 4 is 11.8 Å². The molecule has 0 spiro atoms. The van der Waals surface area contributed by atoms with Crippen molar-refractivity contribution < 1.29 is 4.74 Å². The van der Waals surface area contributed by atoms with Crippen LogP contribution >= 0.6 is 11.8 Å². The molecular formula is C19H15N3O2S. The maximum atomic E-state index is 11.9. The number of thioether (sulfide) groups is 1. The van der Waals surface area contributed by atoms with E-state index in [1.54, 1.807) is 19.2 Å². The van der Waals surface area contributed by atoms with Crippen LogP contribution in [0.4, 0.5) is 0 Å². The van der Waals surface area contributed by atoms with Crippen LogP contribution in [0, 0.1) is 11.3 Å². The summed E-state index contributed by atoms with van der Waals surface area (Å²) in [6, 6.07) is 18.3. The highest BCUT2D eigenvalue weighted by atomic mass is 32.2. The van der Waals surface area contributed by atoms with E-state index >= 15 is 0 Å². The predicted octanol–water partition coefficient (Wildman–Crippen LogP) is 3.61. The van der Waals surface area contributed by atoms with Crippen molar-refractivity contribution in [1.29, 1.82) is 5.26 Å². The van der Waals surface area contributed by atoms with Gasteiger partial charge in [-0.2, -0.15) is 5.26 Å². The number of hydrogen-bond acceptors (Lipinski definition) is 5. The fourth-order valence-corrected chi connectivity index (χ4v) is 3.07. The number of aromatic nitrogens is 2. The summed E-state index contributed by atoms with van der Waals surface area (Å²) in [5.41, 5.74) is 2.97. The van der Waals surface area contributed by atoms with Crippen LogP contribution in [0.15, 0.2) is 64.5 Å². The van der Waals surface area contributed by atoms with Crippen LogP contribution in [0.25, 0.3) is 11.3 Å². The molecule has 1 N–H and O–H groups in total. The largest absolute Gasteiger partial charge is 0.497 e. The molecule has 0 saturated heterocycles. The number of methoxy groups -OCH3 is 1. The van der Waals surface area contributed by atoms with Crippen LogP contribution < -0.4 is 10.3 Å². The maximum absolute atomic E-state index is 11.9. The Morgan fingerprint density at radius 1 is 1.16 bits per heavy atom. The molecule has 1 aromatic heterocycles. The second-order valence-electron chi connectivity index (χ2n) is 5.26. The van der Waals surface area contributed by atoms with Crippen LogP contribution in [-0.4, -0.2) is 17.1 Å². The fourth-order valence-electron chi connectivity index (χ4n) is 2.24. The number of nitriles is 1. The van der Waals surface area contributed by atoms with Crippen molar-refractivity contribution in [2.24, 2.45) is 0 Å². The molecule has 0 amide bonds. The van der Waals surface area contributed by atoms with Gasteiger partial charge in [-0.25, -0.2) is 4.98 Å². The van der Waals surface area contributed by atoms with Gasteiger partial charge in [-0.3, -0.25) is 4.79 Å². The molecule has 0 atom stereocenters. The van der Waals surface area contributed by atoms with E-state index in [1.807, 2.05) is 36.4 Å². The van der Waals surface area contributed by atoms with Gasteiger partial charge in [-0.1, -0.05) is 23.9 Å². The summed E-state index contributed by atoms with van der Waals surface area (Å²) in [6.07, 6.45) is 0. The zero-order chi connectivity index (χ0) is 17.6. The number of nitrogens with one attached hydrogen (secondary N) is 1. The van der Waals surface area contributed by atoms with Crippen LogP contribution in [-0.2, 0) is 5.75 Å². The number of hydrogen-bond donors (Lipinski definition) is 1. The summed E-state index contributed by atoms with van der Waals surface area (Å²) in [4.78, 5) is 19.2. The Labute approximate surface area is 149 Å². The average molecular weight is 349 g/mol. The molecule has 2 aromatic carbocycles. The van der Waals surface area contributed by atoms with E-state index in [4.69, 9.17) is 10.00 Å². The lowest BCUT2D eigenvalue weighted by atomic mass is 10.1. The van der Waals surface area contributed by atoms with E-state index in [9.17, 15) is 4.79 Å². The van der Waals surface area contributed by atoms with Gasteiger partial charge < -0.3 is 9.72 Å². The standard InChI is InChI=1S/C19H15N3O2S/c1-24-16-8-6-15(7-9-16)17-10-18(23)22-19(21-17)25-12-14-4-2-13(11-20)3-5-14/h2-10H,12H2,1H3,(H,21,22,23). The first-order valence-corrected chi connectivity index (χ1v) is 8.54. The second kappa shape index (κ2) is 7.69. The average Bonchev–Trinajstić information content (AvgIpc) is 2.66. The summed E-state index contributed by atoms with van der Waals surface area (Å²) in [5.74, 6) is 1.41. The van der Waals surface area contributed by atoms with Crippen LogP contribution in [0.2, 0.25) is 0 Å². The Hall–Kier alpha value is -3.04. The van der Waals surface area contributed by atoms with Gasteiger partial charge in [0.2, 0.25) is 0 Å². The highest BCUT2D eigenvalue weighted by Crippen LogP contribution is 2.23. The number of nitrogens with zero attached hydrogens (tertiary/aromatic N) is 2. The minimum absolute atomic E-state index is 0.192. The molecule has 0 aliphatic rings. The molecule has 0 radical (unpaired) electrons. The van der Waals surface area contributed by atoms with Crippen molar-refractivity contribution in [3.05, 3.63) is 76.1 Å². The van der Waals surface area contributed by atoms with Gasteiger partial charge >= 0.3 is 0 Å². The molecule has 3 aromatic rings. The summed E-state index contributed by atoms with van der Waals surface area (Å²) < 4.78 is 5.14. The van der Waals surface area contributed by atoms with Crippen molar-refractivity contribution in [2.75, 3.05) is 7.11 Å². The summed E-state index contributed by atoms with van der Waals surface area (Å²) in [7, 11) is 1.61. The second-order valence-corrected chi connectivity index (χ2v) is 6.23. The molecule has 0 fully saturated rings. The van der Waals surface area contributed by atoms with E-state index in [-0.39, 0.29) is 5.56 Å². The molecule has 25 heavy (non-hydrogen) atoms. The van der Waals surface area contributed by atoms with Crippen LogP contribution in [0.3, 0.4) is 0 Å². The van der Waals surface area contributed by atoms with Gasteiger partial charge in [0.15, 0.2) is 5.16 Å². The van der Waals surface area contributed by atoms with Gasteiger partial charge in [-0.15, -0.1) is 0 Å². The summed E-state index contributed by atoms with van der Waals surface area (Å²) in [5, 5.41) is 9.38. The lowest BCUT2D eigenvalue weighted by molar-refractivity contribution is 0.415. The first-order chi connectivity index (χ1) is 12.2. The third kappa shape index (κ3) is 4.28. The highest BCUT2D eigenvalue weighted by molar-refractivity contribution is 7.98. The third-order valence-electron chi connectivity index (χ3n) is 3.56. The third-order valence-corrected chi connectivity index (χ3v) is 4.51.